The number of pyridine rings is 1. The molecule has 30 heavy (non-hydrogen) atoms. The van der Waals surface area contributed by atoms with E-state index in [1.807, 2.05) is 60.7 Å². The van der Waals surface area contributed by atoms with Crippen LogP contribution in [0.1, 0.15) is 11.1 Å². The van der Waals surface area contributed by atoms with Crippen molar-refractivity contribution in [2.24, 2.45) is 0 Å². The first-order valence-corrected chi connectivity index (χ1v) is 11.4. The fourth-order valence-corrected chi connectivity index (χ4v) is 4.82. The summed E-state index contributed by atoms with van der Waals surface area (Å²) in [5.41, 5.74) is 1.88. The van der Waals surface area contributed by atoms with E-state index >= 15 is 0 Å². The summed E-state index contributed by atoms with van der Waals surface area (Å²) in [5.74, 6) is 0.773. The monoisotopic (exact) mass is 423 g/mol. The lowest BCUT2D eigenvalue weighted by atomic mass is 10.2. The molecule has 6 nitrogen and oxygen atoms in total. The number of hydrogen-bond donors (Lipinski definition) is 0. The van der Waals surface area contributed by atoms with Crippen molar-refractivity contribution in [1.82, 2.24) is 9.29 Å². The predicted octanol–water partition coefficient (Wildman–Crippen LogP) is 3.31. The lowest BCUT2D eigenvalue weighted by Crippen LogP contribution is -2.36. The summed E-state index contributed by atoms with van der Waals surface area (Å²) < 4.78 is 33.8. The van der Waals surface area contributed by atoms with E-state index < -0.39 is 10.0 Å². The topological polar surface area (TPSA) is 62.7 Å². The summed E-state index contributed by atoms with van der Waals surface area (Å²) in [5, 5.41) is 0. The summed E-state index contributed by atoms with van der Waals surface area (Å²) in [7, 11) is -3.72. The van der Waals surface area contributed by atoms with Gasteiger partial charge in [-0.1, -0.05) is 60.7 Å². The fourth-order valence-electron chi connectivity index (χ4n) is 3.45. The molecule has 1 aromatic heterocycles. The molecule has 7 heteroatoms. The minimum absolute atomic E-state index is 0.200. The van der Waals surface area contributed by atoms with Crippen molar-refractivity contribution >= 4 is 15.8 Å². The average Bonchev–Trinajstić information content (AvgIpc) is 2.81. The maximum Gasteiger partial charge on any atom is 0.245 e. The van der Waals surface area contributed by atoms with Crippen molar-refractivity contribution in [1.29, 1.82) is 0 Å². The van der Waals surface area contributed by atoms with Crippen molar-refractivity contribution < 1.29 is 13.2 Å². The molecule has 0 bridgehead atoms. The summed E-state index contributed by atoms with van der Waals surface area (Å²) in [6.45, 7) is 3.42. The summed E-state index contributed by atoms with van der Waals surface area (Å²) in [4.78, 5) is 6.73. The van der Waals surface area contributed by atoms with Crippen molar-refractivity contribution in [3.05, 3.63) is 90.1 Å². The average molecular weight is 424 g/mol. The van der Waals surface area contributed by atoms with Gasteiger partial charge < -0.3 is 9.64 Å². The third-order valence-electron chi connectivity index (χ3n) is 5.10. The molecular weight excluding hydrogens is 398 g/mol. The highest BCUT2D eigenvalue weighted by Crippen LogP contribution is 2.23. The first kappa shape index (κ1) is 20.5. The smallest absolute Gasteiger partial charge is 0.245 e. The SMILES string of the molecule is O=S(=O)(c1ccc(N2CCOCC2)nc1)N(Cc1ccccc1)Cc1ccccc1. The minimum atomic E-state index is -3.72. The van der Waals surface area contributed by atoms with Gasteiger partial charge in [-0.05, 0) is 23.3 Å². The molecule has 1 fully saturated rings. The molecule has 0 aliphatic carbocycles. The minimum Gasteiger partial charge on any atom is -0.378 e. The molecule has 0 atom stereocenters. The van der Waals surface area contributed by atoms with Gasteiger partial charge in [0.25, 0.3) is 0 Å². The highest BCUT2D eigenvalue weighted by atomic mass is 32.2. The van der Waals surface area contributed by atoms with Crippen LogP contribution in [0.3, 0.4) is 0 Å². The fraction of sp³-hybridized carbons (Fsp3) is 0.261. The lowest BCUT2D eigenvalue weighted by molar-refractivity contribution is 0.122. The second-order valence-electron chi connectivity index (χ2n) is 7.20. The Morgan fingerprint density at radius 3 is 1.90 bits per heavy atom. The molecule has 0 spiro atoms. The summed E-state index contributed by atoms with van der Waals surface area (Å²) >= 11 is 0. The molecule has 1 saturated heterocycles. The van der Waals surface area contributed by atoms with E-state index in [9.17, 15) is 8.42 Å². The predicted molar refractivity (Wildman–Crippen MR) is 117 cm³/mol. The van der Waals surface area contributed by atoms with Gasteiger partial charge in [0.05, 0.1) is 13.2 Å². The largest absolute Gasteiger partial charge is 0.378 e. The number of hydrogen-bond acceptors (Lipinski definition) is 5. The van der Waals surface area contributed by atoms with Gasteiger partial charge in [0.1, 0.15) is 10.7 Å². The molecule has 1 aliphatic heterocycles. The van der Waals surface area contributed by atoms with Crippen LogP contribution in [0, 0.1) is 0 Å². The normalized spacial score (nSPS) is 14.8. The Balaban J connectivity index is 1.60. The van der Waals surface area contributed by atoms with Crippen LogP contribution < -0.4 is 4.90 Å². The van der Waals surface area contributed by atoms with Crippen LogP contribution in [-0.2, 0) is 27.8 Å². The van der Waals surface area contributed by atoms with E-state index in [4.69, 9.17) is 4.74 Å². The third-order valence-corrected chi connectivity index (χ3v) is 6.87. The molecule has 3 aromatic rings. The second-order valence-corrected chi connectivity index (χ2v) is 9.13. The zero-order valence-corrected chi connectivity index (χ0v) is 17.5. The number of morpholine rings is 1. The number of nitrogens with zero attached hydrogens (tertiary/aromatic N) is 3. The Hall–Kier alpha value is -2.74. The molecular formula is C23H25N3O3S. The van der Waals surface area contributed by atoms with Gasteiger partial charge in [0.15, 0.2) is 0 Å². The Morgan fingerprint density at radius 1 is 0.833 bits per heavy atom. The van der Waals surface area contributed by atoms with Gasteiger partial charge in [-0.2, -0.15) is 4.31 Å². The Bertz CT molecular complexity index is 995. The maximum absolute atomic E-state index is 13.5. The molecule has 0 amide bonds. The molecule has 2 aromatic carbocycles. The van der Waals surface area contributed by atoms with E-state index in [0.717, 1.165) is 30.0 Å². The number of rotatable bonds is 7. The lowest BCUT2D eigenvalue weighted by Gasteiger charge is -2.28. The summed E-state index contributed by atoms with van der Waals surface area (Å²) in [6.07, 6.45) is 1.46. The number of benzene rings is 2. The van der Waals surface area contributed by atoms with Crippen LogP contribution in [0.5, 0.6) is 0 Å². The Morgan fingerprint density at radius 2 is 1.40 bits per heavy atom. The highest BCUT2D eigenvalue weighted by Gasteiger charge is 2.26. The second kappa shape index (κ2) is 9.38. The first-order valence-electron chi connectivity index (χ1n) is 10.00. The van der Waals surface area contributed by atoms with Crippen LogP contribution in [0.15, 0.2) is 83.9 Å². The third kappa shape index (κ3) is 4.87. The molecule has 4 rings (SSSR count). The van der Waals surface area contributed by atoms with E-state index in [-0.39, 0.29) is 4.90 Å². The zero-order valence-electron chi connectivity index (χ0n) is 16.7. The van der Waals surface area contributed by atoms with Gasteiger partial charge in [-0.3, -0.25) is 0 Å². The Kier molecular flexibility index (Phi) is 6.42. The van der Waals surface area contributed by atoms with Crippen molar-refractivity contribution in [3.8, 4) is 0 Å². The number of sulfonamides is 1. The first-order chi connectivity index (χ1) is 14.6. The van der Waals surface area contributed by atoms with Gasteiger partial charge >= 0.3 is 0 Å². The molecule has 2 heterocycles. The number of ether oxygens (including phenoxy) is 1. The van der Waals surface area contributed by atoms with Gasteiger partial charge in [-0.25, -0.2) is 13.4 Å². The summed E-state index contributed by atoms with van der Waals surface area (Å²) in [6, 6.07) is 22.7. The van der Waals surface area contributed by atoms with Crippen LogP contribution in [0.4, 0.5) is 5.82 Å². The molecule has 1 aliphatic rings. The maximum atomic E-state index is 13.5. The van der Waals surface area contributed by atoms with Crippen LogP contribution >= 0.6 is 0 Å². The quantitative estimate of drug-likeness (QED) is 0.583. The highest BCUT2D eigenvalue weighted by molar-refractivity contribution is 7.89. The van der Waals surface area contributed by atoms with Crippen molar-refractivity contribution in [2.75, 3.05) is 31.2 Å². The molecule has 156 valence electrons. The molecule has 0 N–H and O–H groups in total. The van der Waals surface area contributed by atoms with Crippen LogP contribution in [-0.4, -0.2) is 44.0 Å². The van der Waals surface area contributed by atoms with Crippen molar-refractivity contribution in [3.63, 3.8) is 0 Å². The Labute approximate surface area is 177 Å². The van der Waals surface area contributed by atoms with Gasteiger partial charge in [0, 0.05) is 32.4 Å². The van der Waals surface area contributed by atoms with Gasteiger partial charge in [-0.15, -0.1) is 0 Å². The van der Waals surface area contributed by atoms with E-state index in [1.165, 1.54) is 10.5 Å². The number of aromatic nitrogens is 1. The van der Waals surface area contributed by atoms with Crippen LogP contribution in [0.2, 0.25) is 0 Å². The van der Waals surface area contributed by atoms with E-state index in [0.29, 0.717) is 26.3 Å². The number of anilines is 1. The van der Waals surface area contributed by atoms with E-state index in [2.05, 4.69) is 9.88 Å². The molecule has 0 unspecified atom stereocenters. The van der Waals surface area contributed by atoms with Crippen LogP contribution in [0.25, 0.3) is 0 Å². The van der Waals surface area contributed by atoms with Gasteiger partial charge in [0.2, 0.25) is 10.0 Å². The zero-order chi connectivity index (χ0) is 20.8. The standard InChI is InChI=1S/C23H25N3O3S/c27-30(28,22-11-12-23(24-17-22)25-13-15-29-16-14-25)26(18-20-7-3-1-4-8-20)19-21-9-5-2-6-10-21/h1-12,17H,13-16,18-19H2. The van der Waals surface area contributed by atoms with Crippen molar-refractivity contribution in [2.45, 2.75) is 18.0 Å². The van der Waals surface area contributed by atoms with E-state index in [1.54, 1.807) is 12.1 Å². The molecule has 0 saturated carbocycles. The molecule has 0 radical (unpaired) electrons.